The zero-order chi connectivity index (χ0) is 13.0. The summed E-state index contributed by atoms with van der Waals surface area (Å²) in [6.45, 7) is 14.4. The minimum Gasteiger partial charge on any atom is -0.373 e. The van der Waals surface area contributed by atoms with Crippen LogP contribution in [0.25, 0.3) is 0 Å². The van der Waals surface area contributed by atoms with Crippen LogP contribution in [0.2, 0.25) is 0 Å². The van der Waals surface area contributed by atoms with E-state index >= 15 is 0 Å². The van der Waals surface area contributed by atoms with Crippen molar-refractivity contribution in [1.29, 1.82) is 0 Å². The molecule has 0 aliphatic carbocycles. The molecule has 0 bridgehead atoms. The highest BCUT2D eigenvalue weighted by Crippen LogP contribution is 2.42. The highest BCUT2D eigenvalue weighted by atomic mass is 31.1. The lowest BCUT2D eigenvalue weighted by Crippen LogP contribution is -2.26. The Kier molecular flexibility index (Phi) is 6.24. The third-order valence-corrected chi connectivity index (χ3v) is 4.57. The van der Waals surface area contributed by atoms with Crippen LogP contribution in [0.4, 0.5) is 0 Å². The predicted molar refractivity (Wildman–Crippen MR) is 69.6 cm³/mol. The molecule has 0 aromatic heterocycles. The zero-order valence-electron chi connectivity index (χ0n) is 11.7. The average Bonchev–Trinajstić information content (AvgIpc) is 2.13. The quantitative estimate of drug-likeness (QED) is 0.671. The minimum atomic E-state index is -2.01. The highest BCUT2D eigenvalue weighted by molar-refractivity contribution is 7.41. The molecule has 0 aromatic carbocycles. The van der Waals surface area contributed by atoms with Gasteiger partial charge in [-0.25, -0.2) is 0 Å². The van der Waals surface area contributed by atoms with Gasteiger partial charge >= 0.3 is 0 Å². The molecule has 98 valence electrons. The number of ether oxygens (including phenoxy) is 1. The molecule has 0 aromatic rings. The van der Waals surface area contributed by atoms with Crippen LogP contribution < -0.4 is 0 Å². The monoisotopic (exact) mass is 250 g/mol. The summed E-state index contributed by atoms with van der Waals surface area (Å²) in [5.74, 6) is 0. The minimum absolute atomic E-state index is 0.114. The van der Waals surface area contributed by atoms with Crippen molar-refractivity contribution in [2.75, 3.05) is 6.61 Å². The summed E-state index contributed by atoms with van der Waals surface area (Å²) < 4.78 is 23.1. The molecule has 0 amide bonds. The van der Waals surface area contributed by atoms with E-state index < -0.39 is 8.03 Å². The first-order valence-corrected chi connectivity index (χ1v) is 7.25. The van der Waals surface area contributed by atoms with Crippen LogP contribution in [-0.2, 0) is 13.8 Å². The Hall–Kier alpha value is 0.150. The second kappa shape index (κ2) is 6.18. The van der Waals surface area contributed by atoms with E-state index in [1.54, 1.807) is 0 Å². The molecule has 0 fully saturated rings. The van der Waals surface area contributed by atoms with Gasteiger partial charge in [-0.05, 0) is 34.1 Å². The molecule has 0 radical (unpaired) electrons. The van der Waals surface area contributed by atoms with Gasteiger partial charge in [0.25, 0.3) is 0 Å². The third-order valence-electron chi connectivity index (χ3n) is 2.50. The van der Waals surface area contributed by atoms with Gasteiger partial charge in [0, 0.05) is 5.16 Å². The van der Waals surface area contributed by atoms with Crippen molar-refractivity contribution in [3.63, 3.8) is 0 Å². The first kappa shape index (κ1) is 16.1. The van der Waals surface area contributed by atoms with Gasteiger partial charge in [-0.1, -0.05) is 20.8 Å². The van der Waals surface area contributed by atoms with Gasteiger partial charge in [0.05, 0.1) is 18.3 Å². The van der Waals surface area contributed by atoms with Crippen LogP contribution in [0.1, 0.15) is 54.9 Å². The molecule has 0 saturated heterocycles. The van der Waals surface area contributed by atoms with E-state index in [2.05, 4.69) is 0 Å². The Morgan fingerprint density at radius 1 is 1.19 bits per heavy atom. The molecular formula is C12H27O3P. The van der Waals surface area contributed by atoms with E-state index in [0.717, 1.165) is 6.42 Å². The van der Waals surface area contributed by atoms with E-state index in [-0.39, 0.29) is 16.9 Å². The molecule has 16 heavy (non-hydrogen) atoms. The standard InChI is InChI=1S/C12H27O3P/c1-8-12(6,7)16(13)15-10(2)9-14-11(3,4)5/h10,16H,8-9H2,1-7H3. The maximum Gasteiger partial charge on any atom is 0.197 e. The van der Waals surface area contributed by atoms with Crippen LogP contribution >= 0.6 is 8.03 Å². The van der Waals surface area contributed by atoms with Gasteiger partial charge in [-0.2, -0.15) is 0 Å². The van der Waals surface area contributed by atoms with Crippen molar-refractivity contribution in [3.05, 3.63) is 0 Å². The van der Waals surface area contributed by atoms with Gasteiger partial charge < -0.3 is 9.26 Å². The number of hydrogen-bond acceptors (Lipinski definition) is 3. The zero-order valence-corrected chi connectivity index (χ0v) is 12.7. The largest absolute Gasteiger partial charge is 0.373 e. The predicted octanol–water partition coefficient (Wildman–Crippen LogP) is 3.87. The molecule has 4 heteroatoms. The van der Waals surface area contributed by atoms with Gasteiger partial charge in [-0.3, -0.25) is 4.57 Å². The molecule has 3 nitrogen and oxygen atoms in total. The van der Waals surface area contributed by atoms with Crippen LogP contribution in [-0.4, -0.2) is 23.5 Å². The lowest BCUT2D eigenvalue weighted by molar-refractivity contribution is -0.0365. The average molecular weight is 250 g/mol. The molecule has 0 heterocycles. The fourth-order valence-corrected chi connectivity index (χ4v) is 1.93. The highest BCUT2D eigenvalue weighted by Gasteiger charge is 2.26. The molecule has 0 aliphatic heterocycles. The molecule has 2 unspecified atom stereocenters. The maximum atomic E-state index is 11.9. The molecule has 2 atom stereocenters. The number of rotatable bonds is 6. The fraction of sp³-hybridized carbons (Fsp3) is 1.00. The molecule has 0 N–H and O–H groups in total. The lowest BCUT2D eigenvalue weighted by Gasteiger charge is -2.26. The van der Waals surface area contributed by atoms with E-state index in [9.17, 15) is 4.57 Å². The van der Waals surface area contributed by atoms with Crippen molar-refractivity contribution < 1.29 is 13.8 Å². The molecule has 0 saturated carbocycles. The van der Waals surface area contributed by atoms with E-state index in [1.807, 2.05) is 48.5 Å². The third kappa shape index (κ3) is 6.67. The van der Waals surface area contributed by atoms with E-state index in [1.165, 1.54) is 0 Å². The fourth-order valence-electron chi connectivity index (χ4n) is 0.888. The van der Waals surface area contributed by atoms with Crippen molar-refractivity contribution in [1.82, 2.24) is 0 Å². The second-order valence-electron chi connectivity index (χ2n) is 5.88. The smallest absolute Gasteiger partial charge is 0.197 e. The summed E-state index contributed by atoms with van der Waals surface area (Å²) in [4.78, 5) is 0. The summed E-state index contributed by atoms with van der Waals surface area (Å²) in [6.07, 6.45) is 0.744. The Balaban J connectivity index is 4.06. The summed E-state index contributed by atoms with van der Waals surface area (Å²) in [6, 6.07) is 0. The summed E-state index contributed by atoms with van der Waals surface area (Å²) in [7, 11) is -2.01. The van der Waals surface area contributed by atoms with Crippen molar-refractivity contribution >= 4 is 8.03 Å². The topological polar surface area (TPSA) is 35.5 Å². The normalized spacial score (nSPS) is 17.2. The second-order valence-corrected chi connectivity index (χ2v) is 8.04. The first-order chi connectivity index (χ1) is 7.08. The van der Waals surface area contributed by atoms with Crippen LogP contribution in [0.15, 0.2) is 0 Å². The molecule has 0 aliphatic rings. The van der Waals surface area contributed by atoms with Crippen LogP contribution in [0.3, 0.4) is 0 Å². The SMILES string of the molecule is CCC(C)(C)[PH](=O)OC(C)COC(C)(C)C. The molecular weight excluding hydrogens is 223 g/mol. The van der Waals surface area contributed by atoms with E-state index in [4.69, 9.17) is 9.26 Å². The summed E-state index contributed by atoms with van der Waals surface area (Å²) in [5.41, 5.74) is -0.173. The van der Waals surface area contributed by atoms with Gasteiger partial charge in [-0.15, -0.1) is 0 Å². The maximum absolute atomic E-state index is 11.9. The van der Waals surface area contributed by atoms with Crippen LogP contribution in [0, 0.1) is 0 Å². The first-order valence-electron chi connectivity index (χ1n) is 5.93. The van der Waals surface area contributed by atoms with E-state index in [0.29, 0.717) is 6.61 Å². The Labute approximate surface area is 101 Å². The van der Waals surface area contributed by atoms with Gasteiger partial charge in [0.15, 0.2) is 8.03 Å². The van der Waals surface area contributed by atoms with Crippen molar-refractivity contribution in [3.8, 4) is 0 Å². The van der Waals surface area contributed by atoms with Crippen LogP contribution in [0.5, 0.6) is 0 Å². The molecule has 0 spiro atoms. The van der Waals surface area contributed by atoms with Crippen molar-refractivity contribution in [2.24, 2.45) is 0 Å². The Morgan fingerprint density at radius 2 is 1.69 bits per heavy atom. The molecule has 0 rings (SSSR count). The Morgan fingerprint density at radius 3 is 2.06 bits per heavy atom. The van der Waals surface area contributed by atoms with Crippen molar-refractivity contribution in [2.45, 2.75) is 71.7 Å². The summed E-state index contributed by atoms with van der Waals surface area (Å²) >= 11 is 0. The lowest BCUT2D eigenvalue weighted by atomic mass is 10.1. The van der Waals surface area contributed by atoms with Gasteiger partial charge in [0.2, 0.25) is 0 Å². The summed E-state index contributed by atoms with van der Waals surface area (Å²) in [5, 5.41) is -0.222. The Bertz CT molecular complexity index is 231. The van der Waals surface area contributed by atoms with Gasteiger partial charge in [0.1, 0.15) is 0 Å². The number of hydrogen-bond donors (Lipinski definition) is 0.